The molecule has 0 spiro atoms. The van der Waals surface area contributed by atoms with Crippen molar-refractivity contribution < 1.29 is 13.2 Å². The lowest BCUT2D eigenvalue weighted by Gasteiger charge is -2.32. The number of aryl methyl sites for hydroxylation is 1. The topological polar surface area (TPSA) is 3.24 Å². The second-order valence-electron chi connectivity index (χ2n) is 4.39. The van der Waals surface area contributed by atoms with Gasteiger partial charge in [-0.25, -0.2) is 0 Å². The molecule has 1 aliphatic rings. The average Bonchev–Trinajstić information content (AvgIpc) is 2.25. The van der Waals surface area contributed by atoms with Gasteiger partial charge in [-0.3, -0.25) is 0 Å². The fourth-order valence-corrected chi connectivity index (χ4v) is 2.10. The standard InChI is InChI=1S/C13H14F3N/c1-9-3-4-11-5-6-17(8-12(11)7-9)10(2)13(14,15)16/h3-4,7H,2,5-6,8H2,1H3. The summed E-state index contributed by atoms with van der Waals surface area (Å²) in [6.07, 6.45) is -3.69. The smallest absolute Gasteiger partial charge is 0.363 e. The molecule has 1 aromatic rings. The van der Waals surface area contributed by atoms with E-state index in [1.807, 2.05) is 25.1 Å². The van der Waals surface area contributed by atoms with Crippen molar-refractivity contribution >= 4 is 0 Å². The number of nitrogens with zero attached hydrogens (tertiary/aromatic N) is 1. The number of fused-ring (bicyclic) bond motifs is 1. The molecule has 2 rings (SSSR count). The van der Waals surface area contributed by atoms with E-state index < -0.39 is 11.9 Å². The van der Waals surface area contributed by atoms with Crippen LogP contribution in [0.3, 0.4) is 0 Å². The summed E-state index contributed by atoms with van der Waals surface area (Å²) < 4.78 is 37.6. The Morgan fingerprint density at radius 2 is 2.00 bits per heavy atom. The van der Waals surface area contributed by atoms with Crippen LogP contribution in [-0.4, -0.2) is 17.6 Å². The van der Waals surface area contributed by atoms with Crippen LogP contribution >= 0.6 is 0 Å². The molecule has 0 fully saturated rings. The van der Waals surface area contributed by atoms with Crippen molar-refractivity contribution in [1.82, 2.24) is 4.90 Å². The molecule has 0 saturated carbocycles. The Labute approximate surface area is 98.5 Å². The molecule has 1 nitrogen and oxygen atoms in total. The monoisotopic (exact) mass is 241 g/mol. The van der Waals surface area contributed by atoms with Crippen molar-refractivity contribution in [2.75, 3.05) is 6.54 Å². The van der Waals surface area contributed by atoms with Gasteiger partial charge in [-0.2, -0.15) is 13.2 Å². The number of alkyl halides is 3. The van der Waals surface area contributed by atoms with Gasteiger partial charge in [-0.15, -0.1) is 0 Å². The van der Waals surface area contributed by atoms with Crippen LogP contribution in [0.1, 0.15) is 16.7 Å². The molecular weight excluding hydrogens is 227 g/mol. The number of halogens is 3. The molecule has 1 aromatic carbocycles. The molecule has 0 N–H and O–H groups in total. The molecule has 17 heavy (non-hydrogen) atoms. The van der Waals surface area contributed by atoms with E-state index in [-0.39, 0.29) is 0 Å². The van der Waals surface area contributed by atoms with Crippen molar-refractivity contribution in [2.45, 2.75) is 26.1 Å². The zero-order valence-corrected chi connectivity index (χ0v) is 9.64. The van der Waals surface area contributed by atoms with Crippen molar-refractivity contribution in [3.63, 3.8) is 0 Å². The third-order valence-electron chi connectivity index (χ3n) is 3.08. The first-order valence-electron chi connectivity index (χ1n) is 5.47. The van der Waals surface area contributed by atoms with Crippen molar-refractivity contribution in [3.05, 3.63) is 47.2 Å². The Kier molecular flexibility index (Phi) is 2.89. The predicted octanol–water partition coefficient (Wildman–Crippen LogP) is 3.43. The van der Waals surface area contributed by atoms with Crippen molar-refractivity contribution in [1.29, 1.82) is 0 Å². The highest BCUT2D eigenvalue weighted by Crippen LogP contribution is 2.31. The van der Waals surface area contributed by atoms with Gasteiger partial charge in [0.05, 0.1) is 0 Å². The third-order valence-corrected chi connectivity index (χ3v) is 3.08. The molecule has 0 aromatic heterocycles. The van der Waals surface area contributed by atoms with Crippen LogP contribution in [0.2, 0.25) is 0 Å². The van der Waals surface area contributed by atoms with E-state index in [1.165, 1.54) is 4.90 Å². The molecule has 1 aliphatic heterocycles. The molecule has 4 heteroatoms. The van der Waals surface area contributed by atoms with E-state index >= 15 is 0 Å². The quantitative estimate of drug-likeness (QED) is 0.728. The van der Waals surface area contributed by atoms with Crippen LogP contribution in [0.5, 0.6) is 0 Å². The largest absolute Gasteiger partial charge is 0.430 e. The molecule has 0 unspecified atom stereocenters. The first-order valence-corrected chi connectivity index (χ1v) is 5.47. The SMILES string of the molecule is C=C(N1CCc2ccc(C)cc2C1)C(F)(F)F. The molecule has 0 aliphatic carbocycles. The van der Waals surface area contributed by atoms with Gasteiger partial charge >= 0.3 is 6.18 Å². The molecule has 0 amide bonds. The second-order valence-corrected chi connectivity index (χ2v) is 4.39. The first kappa shape index (κ1) is 12.0. The van der Waals surface area contributed by atoms with E-state index in [9.17, 15) is 13.2 Å². The first-order chi connectivity index (χ1) is 7.88. The van der Waals surface area contributed by atoms with E-state index in [0.717, 1.165) is 16.7 Å². The van der Waals surface area contributed by atoms with E-state index in [1.54, 1.807) is 0 Å². The second kappa shape index (κ2) is 4.09. The zero-order valence-electron chi connectivity index (χ0n) is 9.64. The Hall–Kier alpha value is -1.45. The Balaban J connectivity index is 2.21. The summed E-state index contributed by atoms with van der Waals surface area (Å²) in [6.45, 7) is 5.77. The Morgan fingerprint density at radius 1 is 1.29 bits per heavy atom. The molecule has 1 heterocycles. The molecule has 92 valence electrons. The maximum absolute atomic E-state index is 12.5. The minimum atomic E-state index is -4.33. The number of allylic oxidation sites excluding steroid dienone is 1. The van der Waals surface area contributed by atoms with Gasteiger partial charge in [0.25, 0.3) is 0 Å². The molecule has 0 atom stereocenters. The highest BCUT2D eigenvalue weighted by Gasteiger charge is 2.36. The Bertz CT molecular complexity index is 448. The van der Waals surface area contributed by atoms with Crippen LogP contribution in [0, 0.1) is 6.92 Å². The van der Waals surface area contributed by atoms with Crippen LogP contribution in [0.15, 0.2) is 30.5 Å². The summed E-state index contributed by atoms with van der Waals surface area (Å²) in [4.78, 5) is 1.31. The Morgan fingerprint density at radius 3 is 2.65 bits per heavy atom. The van der Waals surface area contributed by atoms with Gasteiger partial charge in [-0.1, -0.05) is 30.3 Å². The van der Waals surface area contributed by atoms with Gasteiger partial charge in [0.2, 0.25) is 0 Å². The summed E-state index contributed by atoms with van der Waals surface area (Å²) in [7, 11) is 0. The number of benzene rings is 1. The highest BCUT2D eigenvalue weighted by atomic mass is 19.4. The van der Waals surface area contributed by atoms with Crippen molar-refractivity contribution in [3.8, 4) is 0 Å². The minimum absolute atomic E-state index is 0.301. The van der Waals surface area contributed by atoms with Crippen LogP contribution < -0.4 is 0 Å². The van der Waals surface area contributed by atoms with Crippen LogP contribution in [0.4, 0.5) is 13.2 Å². The molecular formula is C13H14F3N. The molecule has 0 saturated heterocycles. The van der Waals surface area contributed by atoms with Crippen LogP contribution in [0.25, 0.3) is 0 Å². The van der Waals surface area contributed by atoms with Gasteiger partial charge in [0, 0.05) is 13.1 Å². The molecule has 0 bridgehead atoms. The lowest BCUT2D eigenvalue weighted by molar-refractivity contribution is -0.112. The van der Waals surface area contributed by atoms with E-state index in [0.29, 0.717) is 19.5 Å². The zero-order chi connectivity index (χ0) is 12.6. The maximum Gasteiger partial charge on any atom is 0.430 e. The lowest BCUT2D eigenvalue weighted by Crippen LogP contribution is -2.35. The summed E-state index contributed by atoms with van der Waals surface area (Å²) in [6, 6.07) is 5.94. The fraction of sp³-hybridized carbons (Fsp3) is 0.385. The normalized spacial score (nSPS) is 15.6. The van der Waals surface area contributed by atoms with E-state index in [4.69, 9.17) is 0 Å². The number of rotatable bonds is 1. The minimum Gasteiger partial charge on any atom is -0.363 e. The number of hydrogen-bond donors (Lipinski definition) is 0. The van der Waals surface area contributed by atoms with Crippen LogP contribution in [-0.2, 0) is 13.0 Å². The number of hydrogen-bond acceptors (Lipinski definition) is 1. The maximum atomic E-state index is 12.5. The van der Waals surface area contributed by atoms with Gasteiger partial charge in [0.1, 0.15) is 5.70 Å². The summed E-state index contributed by atoms with van der Waals surface area (Å²) in [5.41, 5.74) is 2.44. The summed E-state index contributed by atoms with van der Waals surface area (Å²) in [5, 5.41) is 0. The highest BCUT2D eigenvalue weighted by molar-refractivity contribution is 5.34. The van der Waals surface area contributed by atoms with Crippen molar-refractivity contribution in [2.24, 2.45) is 0 Å². The summed E-state index contributed by atoms with van der Waals surface area (Å²) >= 11 is 0. The van der Waals surface area contributed by atoms with Gasteiger partial charge < -0.3 is 4.90 Å². The lowest BCUT2D eigenvalue weighted by atomic mass is 9.97. The third kappa shape index (κ3) is 2.46. The molecule has 0 radical (unpaired) electrons. The van der Waals surface area contributed by atoms with Gasteiger partial charge in [0.15, 0.2) is 0 Å². The summed E-state index contributed by atoms with van der Waals surface area (Å²) in [5.74, 6) is 0. The average molecular weight is 241 g/mol. The van der Waals surface area contributed by atoms with Gasteiger partial charge in [-0.05, 0) is 24.5 Å². The van der Waals surface area contributed by atoms with E-state index in [2.05, 4.69) is 6.58 Å². The predicted molar refractivity (Wildman–Crippen MR) is 60.5 cm³/mol. The fourth-order valence-electron chi connectivity index (χ4n) is 2.10.